The Morgan fingerprint density at radius 3 is 2.53 bits per heavy atom. The lowest BCUT2D eigenvalue weighted by Gasteiger charge is -2.39. The predicted molar refractivity (Wildman–Crippen MR) is 130 cm³/mol. The van der Waals surface area contributed by atoms with Crippen LogP contribution in [0.1, 0.15) is 56.6 Å². The highest BCUT2D eigenvalue weighted by molar-refractivity contribution is 7.16. The van der Waals surface area contributed by atoms with Gasteiger partial charge in [0, 0.05) is 36.6 Å². The number of nitrogens with zero attached hydrogens (tertiary/aromatic N) is 2. The number of nitrogens with one attached hydrogen (secondary N) is 1. The number of likely N-dealkylation sites (N-methyl/N-ethyl adjacent to an activating group) is 1. The van der Waals surface area contributed by atoms with Crippen LogP contribution in [0.25, 0.3) is 0 Å². The summed E-state index contributed by atoms with van der Waals surface area (Å²) in [6.07, 6.45) is 6.18. The molecule has 1 fully saturated rings. The molecule has 5 nitrogen and oxygen atoms in total. The van der Waals surface area contributed by atoms with E-state index in [4.69, 9.17) is 4.42 Å². The first kappa shape index (κ1) is 21.4. The van der Waals surface area contributed by atoms with Gasteiger partial charge in [0.1, 0.15) is 5.00 Å². The van der Waals surface area contributed by atoms with Crippen molar-refractivity contribution < 1.29 is 9.21 Å². The Kier molecular flexibility index (Phi) is 6.17. The SMILES string of the molecule is Cc1ccc([C@@H](c2c(NC(=O)c3ccco3)sc3c2CCCC3)N2CCN(C)CC2)cc1. The van der Waals surface area contributed by atoms with E-state index >= 15 is 0 Å². The van der Waals surface area contributed by atoms with Gasteiger partial charge in [-0.15, -0.1) is 11.3 Å². The van der Waals surface area contributed by atoms with Gasteiger partial charge in [0.2, 0.25) is 0 Å². The summed E-state index contributed by atoms with van der Waals surface area (Å²) in [6.45, 7) is 6.29. The maximum atomic E-state index is 12.9. The summed E-state index contributed by atoms with van der Waals surface area (Å²) in [7, 11) is 2.19. The Hall–Kier alpha value is -2.41. The van der Waals surface area contributed by atoms with Crippen molar-refractivity contribution in [1.82, 2.24) is 9.80 Å². The molecule has 168 valence electrons. The van der Waals surface area contributed by atoms with Crippen molar-refractivity contribution in [1.29, 1.82) is 0 Å². The molecule has 1 saturated heterocycles. The van der Waals surface area contributed by atoms with E-state index in [1.807, 2.05) is 0 Å². The fraction of sp³-hybridized carbons (Fsp3) is 0.423. The monoisotopic (exact) mass is 449 g/mol. The van der Waals surface area contributed by atoms with Crippen molar-refractivity contribution in [3.63, 3.8) is 0 Å². The third-order valence-corrected chi connectivity index (χ3v) is 7.98. The summed E-state index contributed by atoms with van der Waals surface area (Å²) in [5.41, 5.74) is 5.34. The number of benzene rings is 1. The van der Waals surface area contributed by atoms with Crippen LogP contribution in [0.2, 0.25) is 0 Å². The van der Waals surface area contributed by atoms with E-state index in [1.165, 1.54) is 40.0 Å². The third kappa shape index (κ3) is 4.27. The van der Waals surface area contributed by atoms with Crippen LogP contribution in [0.15, 0.2) is 47.1 Å². The summed E-state index contributed by atoms with van der Waals surface area (Å²) >= 11 is 1.77. The number of carbonyl (C=O) groups excluding carboxylic acids is 1. The zero-order chi connectivity index (χ0) is 22.1. The fourth-order valence-corrected chi connectivity index (χ4v) is 6.25. The molecule has 0 unspecified atom stereocenters. The van der Waals surface area contributed by atoms with Gasteiger partial charge in [-0.2, -0.15) is 0 Å². The molecule has 6 heteroatoms. The minimum atomic E-state index is -0.170. The Labute approximate surface area is 194 Å². The molecule has 0 radical (unpaired) electrons. The molecule has 0 bridgehead atoms. The molecule has 0 spiro atoms. The molecule has 32 heavy (non-hydrogen) atoms. The number of aryl methyl sites for hydroxylation is 2. The summed E-state index contributed by atoms with van der Waals surface area (Å²) < 4.78 is 5.37. The lowest BCUT2D eigenvalue weighted by atomic mass is 9.88. The molecule has 0 saturated carbocycles. The van der Waals surface area contributed by atoms with Crippen molar-refractivity contribution >= 4 is 22.2 Å². The van der Waals surface area contributed by atoms with Gasteiger partial charge in [-0.25, -0.2) is 0 Å². The molecule has 2 aromatic heterocycles. The minimum Gasteiger partial charge on any atom is -0.459 e. The predicted octanol–water partition coefficient (Wildman–Crippen LogP) is 5.12. The summed E-state index contributed by atoms with van der Waals surface area (Å²) in [6, 6.07) is 12.6. The minimum absolute atomic E-state index is 0.148. The number of furan rings is 1. The van der Waals surface area contributed by atoms with E-state index in [2.05, 4.69) is 53.4 Å². The largest absolute Gasteiger partial charge is 0.459 e. The molecule has 1 atom stereocenters. The standard InChI is InChI=1S/C26H31N3O2S/c1-18-9-11-19(12-10-18)24(29-15-13-28(2)14-16-29)23-20-6-3-4-8-22(20)32-26(23)27-25(30)21-7-5-17-31-21/h5,7,9-12,17,24H,3-4,6,8,13-16H2,1-2H3,(H,27,30)/t24-/m0/s1. The third-order valence-electron chi connectivity index (χ3n) is 6.75. The van der Waals surface area contributed by atoms with Gasteiger partial charge in [-0.3, -0.25) is 9.69 Å². The highest BCUT2D eigenvalue weighted by Gasteiger charge is 2.33. The van der Waals surface area contributed by atoms with Crippen LogP contribution in [0.5, 0.6) is 0 Å². The van der Waals surface area contributed by atoms with E-state index < -0.39 is 0 Å². The van der Waals surface area contributed by atoms with E-state index in [9.17, 15) is 4.79 Å². The number of fused-ring (bicyclic) bond motifs is 1. The maximum Gasteiger partial charge on any atom is 0.291 e. The highest BCUT2D eigenvalue weighted by atomic mass is 32.1. The van der Waals surface area contributed by atoms with Gasteiger partial charge < -0.3 is 14.6 Å². The Balaban J connectivity index is 1.59. The van der Waals surface area contributed by atoms with Crippen LogP contribution in [-0.2, 0) is 12.8 Å². The van der Waals surface area contributed by atoms with Crippen molar-refractivity contribution in [2.24, 2.45) is 0 Å². The summed E-state index contributed by atoms with van der Waals surface area (Å²) in [4.78, 5) is 19.4. The Bertz CT molecular complexity index is 1060. The van der Waals surface area contributed by atoms with Gasteiger partial charge in [-0.05, 0) is 62.9 Å². The summed E-state index contributed by atoms with van der Waals surface area (Å²) in [5, 5.41) is 4.22. The second-order valence-corrected chi connectivity index (χ2v) is 10.1. The second-order valence-electron chi connectivity index (χ2n) is 9.04. The molecule has 1 aliphatic heterocycles. The van der Waals surface area contributed by atoms with Crippen LogP contribution < -0.4 is 5.32 Å². The van der Waals surface area contributed by atoms with Gasteiger partial charge >= 0.3 is 0 Å². The molecule has 1 aromatic carbocycles. The molecule has 3 aromatic rings. The maximum absolute atomic E-state index is 12.9. The molecule has 2 aliphatic rings. The number of piperazine rings is 1. The van der Waals surface area contributed by atoms with Gasteiger partial charge in [-0.1, -0.05) is 29.8 Å². The number of rotatable bonds is 5. The van der Waals surface area contributed by atoms with Gasteiger partial charge in [0.15, 0.2) is 5.76 Å². The van der Waals surface area contributed by atoms with Crippen molar-refractivity contribution in [2.45, 2.75) is 38.6 Å². The molecule has 5 rings (SSSR count). The number of hydrogen-bond acceptors (Lipinski definition) is 5. The second kappa shape index (κ2) is 9.22. The number of thiophene rings is 1. The average Bonchev–Trinajstić information content (AvgIpc) is 3.45. The van der Waals surface area contributed by atoms with Crippen LogP contribution >= 0.6 is 11.3 Å². The van der Waals surface area contributed by atoms with Crippen LogP contribution in [0.3, 0.4) is 0 Å². The number of carbonyl (C=O) groups is 1. The quantitative estimate of drug-likeness (QED) is 0.588. The van der Waals surface area contributed by atoms with Gasteiger partial charge in [0.05, 0.1) is 12.3 Å². The number of anilines is 1. The van der Waals surface area contributed by atoms with E-state index in [-0.39, 0.29) is 11.9 Å². The van der Waals surface area contributed by atoms with Crippen molar-refractivity contribution in [2.75, 3.05) is 38.5 Å². The van der Waals surface area contributed by atoms with Crippen molar-refractivity contribution in [3.8, 4) is 0 Å². The zero-order valence-corrected chi connectivity index (χ0v) is 19.7. The zero-order valence-electron chi connectivity index (χ0n) is 18.9. The summed E-state index contributed by atoms with van der Waals surface area (Å²) in [5.74, 6) is 0.185. The number of amides is 1. The smallest absolute Gasteiger partial charge is 0.291 e. The Morgan fingerprint density at radius 1 is 1.06 bits per heavy atom. The van der Waals surface area contributed by atoms with E-state index in [0.29, 0.717) is 5.76 Å². The van der Waals surface area contributed by atoms with E-state index in [0.717, 1.165) is 44.0 Å². The molecule has 1 N–H and O–H groups in total. The lowest BCUT2D eigenvalue weighted by molar-refractivity contribution is 0.0996. The van der Waals surface area contributed by atoms with Gasteiger partial charge in [0.25, 0.3) is 5.91 Å². The first-order valence-corrected chi connectivity index (χ1v) is 12.4. The topological polar surface area (TPSA) is 48.7 Å². The van der Waals surface area contributed by atoms with Crippen LogP contribution in [0.4, 0.5) is 5.00 Å². The van der Waals surface area contributed by atoms with Crippen LogP contribution in [0, 0.1) is 6.92 Å². The van der Waals surface area contributed by atoms with E-state index in [1.54, 1.807) is 29.7 Å². The Morgan fingerprint density at radius 2 is 1.81 bits per heavy atom. The lowest BCUT2D eigenvalue weighted by Crippen LogP contribution is -2.46. The molecule has 1 aliphatic carbocycles. The fourth-order valence-electron chi connectivity index (χ4n) is 4.93. The first-order chi connectivity index (χ1) is 15.6. The average molecular weight is 450 g/mol. The van der Waals surface area contributed by atoms with Crippen molar-refractivity contribution in [3.05, 3.63) is 75.6 Å². The molecule has 3 heterocycles. The molecular formula is C26H31N3O2S. The first-order valence-electron chi connectivity index (χ1n) is 11.6. The molecular weight excluding hydrogens is 418 g/mol. The highest BCUT2D eigenvalue weighted by Crippen LogP contribution is 2.45. The van der Waals surface area contributed by atoms with Crippen LogP contribution in [-0.4, -0.2) is 48.9 Å². The molecule has 1 amide bonds. The number of hydrogen-bond donors (Lipinski definition) is 1. The normalized spacial score (nSPS) is 18.3.